The van der Waals surface area contributed by atoms with Crippen molar-refractivity contribution in [3.8, 4) is 0 Å². The van der Waals surface area contributed by atoms with Crippen LogP contribution < -0.4 is 10.6 Å². The van der Waals surface area contributed by atoms with Crippen LogP contribution in [-0.2, 0) is 19.1 Å². The molecule has 1 spiro atoms. The van der Waals surface area contributed by atoms with Gasteiger partial charge in [-0.3, -0.25) is 14.4 Å². The molecule has 2 saturated heterocycles. The first-order chi connectivity index (χ1) is 17.6. The Morgan fingerprint density at radius 3 is 2.73 bits per heavy atom. The predicted molar refractivity (Wildman–Crippen MR) is 138 cm³/mol. The van der Waals surface area contributed by atoms with E-state index in [1.54, 1.807) is 11.0 Å². The van der Waals surface area contributed by atoms with Gasteiger partial charge in [-0.1, -0.05) is 57.4 Å². The molecule has 3 fully saturated rings. The second-order valence-electron chi connectivity index (χ2n) is 11.2. The lowest BCUT2D eigenvalue weighted by molar-refractivity contribution is -0.144. The highest BCUT2D eigenvalue weighted by molar-refractivity contribution is 6.31. The summed E-state index contributed by atoms with van der Waals surface area (Å²) >= 11 is 5.89. The van der Waals surface area contributed by atoms with Crippen molar-refractivity contribution in [1.29, 1.82) is 0 Å². The van der Waals surface area contributed by atoms with Crippen molar-refractivity contribution in [2.24, 2.45) is 23.7 Å². The Kier molecular flexibility index (Phi) is 6.86. The van der Waals surface area contributed by atoms with E-state index >= 15 is 0 Å². The normalized spacial score (nSPS) is 37.0. The summed E-state index contributed by atoms with van der Waals surface area (Å²) in [4.78, 5) is 43.0. The van der Waals surface area contributed by atoms with Crippen LogP contribution in [0.15, 0.2) is 30.4 Å². The minimum Gasteiger partial charge on any atom is -0.359 e. The van der Waals surface area contributed by atoms with Crippen LogP contribution in [0.4, 0.5) is 10.1 Å². The Bertz CT molecular complexity index is 1140. The summed E-state index contributed by atoms with van der Waals surface area (Å²) in [6.45, 7) is 8.28. The maximum atomic E-state index is 13.9. The number of benzene rings is 1. The van der Waals surface area contributed by atoms with Crippen molar-refractivity contribution >= 4 is 35.0 Å². The quantitative estimate of drug-likeness (QED) is 0.536. The molecule has 1 aromatic carbocycles. The number of halogens is 2. The molecule has 5 rings (SSSR count). The third-order valence-corrected chi connectivity index (χ3v) is 9.44. The third-order valence-electron chi connectivity index (χ3n) is 9.15. The fraction of sp³-hybridized carbons (Fsp3) is 0.607. The highest BCUT2D eigenvalue weighted by atomic mass is 35.5. The Morgan fingerprint density at radius 2 is 2.03 bits per heavy atom. The van der Waals surface area contributed by atoms with Gasteiger partial charge >= 0.3 is 0 Å². The molecule has 9 heteroatoms. The Balaban J connectivity index is 1.45. The number of carbonyl (C=O) groups excluding carboxylic acids is 3. The van der Waals surface area contributed by atoms with Crippen LogP contribution in [0.1, 0.15) is 53.4 Å². The molecule has 1 saturated carbocycles. The largest absolute Gasteiger partial charge is 0.359 e. The lowest BCUT2D eigenvalue weighted by Gasteiger charge is -2.39. The maximum absolute atomic E-state index is 13.9. The number of hydrogen-bond donors (Lipinski definition) is 2. The van der Waals surface area contributed by atoms with Gasteiger partial charge < -0.3 is 20.3 Å². The van der Waals surface area contributed by atoms with Crippen molar-refractivity contribution in [2.75, 3.05) is 5.32 Å². The van der Waals surface area contributed by atoms with Crippen LogP contribution in [0.2, 0.25) is 5.02 Å². The highest BCUT2D eigenvalue weighted by Crippen LogP contribution is 2.56. The number of fused-ring (bicyclic) bond motifs is 1. The number of nitrogens with one attached hydrogen (secondary N) is 2. The van der Waals surface area contributed by atoms with E-state index in [4.69, 9.17) is 16.3 Å². The van der Waals surface area contributed by atoms with Crippen molar-refractivity contribution < 1.29 is 23.5 Å². The van der Waals surface area contributed by atoms with Crippen molar-refractivity contribution in [1.82, 2.24) is 10.2 Å². The van der Waals surface area contributed by atoms with E-state index in [1.807, 2.05) is 19.9 Å². The average molecular weight is 532 g/mol. The van der Waals surface area contributed by atoms with E-state index in [1.165, 1.54) is 18.2 Å². The van der Waals surface area contributed by atoms with Gasteiger partial charge in [-0.15, -0.1) is 0 Å². The van der Waals surface area contributed by atoms with E-state index in [0.717, 1.165) is 19.3 Å². The molecule has 7 nitrogen and oxygen atoms in total. The minimum absolute atomic E-state index is 0.0329. The van der Waals surface area contributed by atoms with Crippen molar-refractivity contribution in [3.63, 3.8) is 0 Å². The molecule has 4 aliphatic rings. The van der Waals surface area contributed by atoms with E-state index in [0.29, 0.717) is 23.9 Å². The lowest BCUT2D eigenvalue weighted by Crippen LogP contribution is -2.59. The molecule has 0 unspecified atom stereocenters. The van der Waals surface area contributed by atoms with E-state index < -0.39 is 41.3 Å². The molecule has 3 heterocycles. The second-order valence-corrected chi connectivity index (χ2v) is 11.6. The summed E-state index contributed by atoms with van der Waals surface area (Å²) in [6, 6.07) is 2.90. The van der Waals surface area contributed by atoms with Crippen LogP contribution in [0, 0.1) is 29.5 Å². The molecule has 37 heavy (non-hydrogen) atoms. The molecule has 2 N–H and O–H groups in total. The van der Waals surface area contributed by atoms with Gasteiger partial charge in [0.2, 0.25) is 17.7 Å². The SMILES string of the molecule is CC[C@H](C)N1C(=O)[C@H]2[C@H](C(=O)Nc3ccc(F)c(Cl)c3)[C@H]3C=C[C@@]2(O3)[C@@H]1C(=O)N[C@@H]1CCC[C@@H](C)[C@H]1C. The van der Waals surface area contributed by atoms with Crippen molar-refractivity contribution in [2.45, 2.75) is 83.2 Å². The van der Waals surface area contributed by atoms with Gasteiger partial charge in [0.1, 0.15) is 17.5 Å². The monoisotopic (exact) mass is 531 g/mol. The van der Waals surface area contributed by atoms with Crippen LogP contribution >= 0.6 is 11.6 Å². The molecule has 9 atom stereocenters. The molecule has 3 aliphatic heterocycles. The van der Waals surface area contributed by atoms with Crippen LogP contribution in [0.5, 0.6) is 0 Å². The van der Waals surface area contributed by atoms with Crippen LogP contribution in [0.25, 0.3) is 0 Å². The number of amides is 3. The van der Waals surface area contributed by atoms with E-state index in [2.05, 4.69) is 24.5 Å². The van der Waals surface area contributed by atoms with Gasteiger partial charge in [0.25, 0.3) is 0 Å². The van der Waals surface area contributed by atoms with Crippen LogP contribution in [0.3, 0.4) is 0 Å². The number of ether oxygens (including phenoxy) is 1. The molecule has 1 aliphatic carbocycles. The number of carbonyl (C=O) groups is 3. The zero-order valence-electron chi connectivity index (χ0n) is 21.7. The summed E-state index contributed by atoms with van der Waals surface area (Å²) < 4.78 is 20.0. The molecule has 1 aromatic rings. The summed E-state index contributed by atoms with van der Waals surface area (Å²) in [7, 11) is 0. The molecular weight excluding hydrogens is 497 g/mol. The molecule has 200 valence electrons. The smallest absolute Gasteiger partial charge is 0.246 e. The van der Waals surface area contributed by atoms with Gasteiger partial charge in [-0.2, -0.15) is 0 Å². The van der Waals surface area contributed by atoms with Gasteiger partial charge in [0.15, 0.2) is 0 Å². The van der Waals surface area contributed by atoms with Gasteiger partial charge in [0.05, 0.1) is 23.0 Å². The van der Waals surface area contributed by atoms with Crippen molar-refractivity contribution in [3.05, 3.63) is 41.2 Å². The number of rotatable bonds is 6. The first-order valence-corrected chi connectivity index (χ1v) is 13.7. The van der Waals surface area contributed by atoms with Gasteiger partial charge in [0, 0.05) is 17.8 Å². The molecule has 0 radical (unpaired) electrons. The number of nitrogens with zero attached hydrogens (tertiary/aromatic N) is 1. The highest BCUT2D eigenvalue weighted by Gasteiger charge is 2.73. The van der Waals surface area contributed by atoms with Crippen LogP contribution in [-0.4, -0.2) is 52.5 Å². The molecule has 3 amide bonds. The third kappa shape index (κ3) is 4.16. The average Bonchev–Trinajstić information content (AvgIpc) is 3.51. The fourth-order valence-corrected chi connectivity index (χ4v) is 6.90. The second kappa shape index (κ2) is 9.70. The Morgan fingerprint density at radius 1 is 1.27 bits per heavy atom. The van der Waals surface area contributed by atoms with E-state index in [9.17, 15) is 18.8 Å². The molecule has 2 bridgehead atoms. The topological polar surface area (TPSA) is 87.7 Å². The number of anilines is 1. The molecular formula is C28H35ClFN3O4. The van der Waals surface area contributed by atoms with E-state index in [-0.39, 0.29) is 28.9 Å². The lowest BCUT2D eigenvalue weighted by atomic mass is 9.73. The van der Waals surface area contributed by atoms with Gasteiger partial charge in [-0.25, -0.2) is 4.39 Å². The predicted octanol–water partition coefficient (Wildman–Crippen LogP) is 4.31. The Hall–Kier alpha value is -2.45. The molecule has 0 aromatic heterocycles. The fourth-order valence-electron chi connectivity index (χ4n) is 6.72. The Labute approximate surface area is 222 Å². The first kappa shape index (κ1) is 26.2. The number of likely N-dealkylation sites (tertiary alicyclic amines) is 1. The summed E-state index contributed by atoms with van der Waals surface area (Å²) in [5, 5.41) is 5.92. The summed E-state index contributed by atoms with van der Waals surface area (Å²) in [5.41, 5.74) is -0.877. The standard InChI is InChI=1S/C28H35ClFN3O4/c1-5-15(3)33-24(26(35)32-20-8-6-7-14(2)16(20)4)28-12-11-21(37-28)22(23(28)27(33)36)25(34)31-17-9-10-19(30)18(29)13-17/h9-16,20-24H,5-8H2,1-4H3,(H,31,34)(H,32,35)/t14-,15+,16-,20-,21-,22-,23-,24+,28+/m1/s1. The summed E-state index contributed by atoms with van der Waals surface area (Å²) in [6.07, 6.45) is 6.74. The van der Waals surface area contributed by atoms with Gasteiger partial charge in [-0.05, 0) is 49.8 Å². The number of hydrogen-bond acceptors (Lipinski definition) is 4. The zero-order valence-corrected chi connectivity index (χ0v) is 22.4. The first-order valence-electron chi connectivity index (χ1n) is 13.3. The maximum Gasteiger partial charge on any atom is 0.246 e. The summed E-state index contributed by atoms with van der Waals surface area (Å²) in [5.74, 6) is -2.29. The minimum atomic E-state index is -1.21. The zero-order chi connectivity index (χ0) is 26.6.